The Morgan fingerprint density at radius 3 is 2.41 bits per heavy atom. The lowest BCUT2D eigenvalue weighted by atomic mass is 10.1. The topological polar surface area (TPSA) is 85.4 Å². The van der Waals surface area contributed by atoms with E-state index in [0.717, 1.165) is 16.8 Å². The third-order valence-electron chi connectivity index (χ3n) is 4.38. The third-order valence-corrected chi connectivity index (χ3v) is 4.38. The molecule has 0 spiro atoms. The number of methoxy groups -OCH3 is 2. The highest BCUT2D eigenvalue weighted by molar-refractivity contribution is 6.04. The first-order valence-electron chi connectivity index (χ1n) is 9.13. The highest BCUT2D eigenvalue weighted by Gasteiger charge is 2.14. The van der Waals surface area contributed by atoms with Crippen molar-refractivity contribution in [2.45, 2.75) is 20.8 Å². The molecule has 7 nitrogen and oxygen atoms in total. The maximum Gasteiger partial charge on any atom is 0.274 e. The number of ether oxygens (including phenoxy) is 2. The van der Waals surface area contributed by atoms with Gasteiger partial charge in [-0.25, -0.2) is 9.97 Å². The average Bonchev–Trinajstić information content (AvgIpc) is 2.70. The van der Waals surface area contributed by atoms with Crippen LogP contribution in [0.15, 0.2) is 42.5 Å². The van der Waals surface area contributed by atoms with Crippen LogP contribution < -0.4 is 20.1 Å². The third kappa shape index (κ3) is 4.82. The highest BCUT2D eigenvalue weighted by Crippen LogP contribution is 2.29. The SMILES string of the molecule is COc1ccc(NC(=O)c2cc(Nc3cc(C)ccc3C)nc(C)n2)c(OC)c1. The summed E-state index contributed by atoms with van der Waals surface area (Å²) in [6.07, 6.45) is 0. The van der Waals surface area contributed by atoms with Crippen LogP contribution in [0.5, 0.6) is 11.5 Å². The molecule has 0 saturated carbocycles. The average molecular weight is 392 g/mol. The van der Waals surface area contributed by atoms with Gasteiger partial charge in [0.1, 0.15) is 28.8 Å². The van der Waals surface area contributed by atoms with Crippen LogP contribution in [0.2, 0.25) is 0 Å². The second kappa shape index (κ2) is 8.60. The van der Waals surface area contributed by atoms with Crippen LogP contribution in [0.4, 0.5) is 17.2 Å². The number of hydrogen-bond donors (Lipinski definition) is 2. The fraction of sp³-hybridized carbons (Fsp3) is 0.227. The molecule has 2 N–H and O–H groups in total. The molecule has 29 heavy (non-hydrogen) atoms. The van der Waals surface area contributed by atoms with Crippen molar-refractivity contribution >= 4 is 23.1 Å². The van der Waals surface area contributed by atoms with E-state index in [-0.39, 0.29) is 11.6 Å². The van der Waals surface area contributed by atoms with E-state index in [9.17, 15) is 4.79 Å². The van der Waals surface area contributed by atoms with E-state index < -0.39 is 0 Å². The second-order valence-corrected chi connectivity index (χ2v) is 6.65. The predicted octanol–water partition coefficient (Wildman–Crippen LogP) is 4.41. The fourth-order valence-corrected chi connectivity index (χ4v) is 2.84. The van der Waals surface area contributed by atoms with E-state index in [1.807, 2.05) is 32.0 Å². The number of aryl methyl sites for hydroxylation is 3. The number of hydrogen-bond acceptors (Lipinski definition) is 6. The molecule has 0 aliphatic carbocycles. The van der Waals surface area contributed by atoms with Gasteiger partial charge in [-0.1, -0.05) is 12.1 Å². The van der Waals surface area contributed by atoms with E-state index >= 15 is 0 Å². The minimum absolute atomic E-state index is 0.253. The Balaban J connectivity index is 1.86. The standard InChI is InChI=1S/C22H24N4O3/c1-13-6-7-14(2)18(10-13)25-21-12-19(23-15(3)24-21)22(27)26-17-9-8-16(28-4)11-20(17)29-5/h6-12H,1-5H3,(H,26,27)(H,23,24,25). The maximum atomic E-state index is 12.8. The van der Waals surface area contributed by atoms with Crippen LogP contribution >= 0.6 is 0 Å². The van der Waals surface area contributed by atoms with Gasteiger partial charge in [-0.3, -0.25) is 4.79 Å². The van der Waals surface area contributed by atoms with Crippen molar-refractivity contribution in [1.82, 2.24) is 9.97 Å². The van der Waals surface area contributed by atoms with E-state index in [1.54, 1.807) is 38.3 Å². The summed E-state index contributed by atoms with van der Waals surface area (Å²) in [6, 6.07) is 12.9. The molecule has 0 unspecified atom stereocenters. The maximum absolute atomic E-state index is 12.8. The van der Waals surface area contributed by atoms with Crippen molar-refractivity contribution < 1.29 is 14.3 Å². The lowest BCUT2D eigenvalue weighted by Gasteiger charge is -2.13. The van der Waals surface area contributed by atoms with Crippen LogP contribution in [0, 0.1) is 20.8 Å². The van der Waals surface area contributed by atoms with Crippen molar-refractivity contribution in [3.8, 4) is 11.5 Å². The Labute approximate surface area is 170 Å². The Hall–Kier alpha value is -3.61. The Bertz CT molecular complexity index is 1050. The number of carbonyl (C=O) groups is 1. The Morgan fingerprint density at radius 2 is 1.69 bits per heavy atom. The molecule has 0 aliphatic rings. The van der Waals surface area contributed by atoms with Gasteiger partial charge in [-0.15, -0.1) is 0 Å². The van der Waals surface area contributed by atoms with Gasteiger partial charge in [0, 0.05) is 17.8 Å². The van der Waals surface area contributed by atoms with Crippen LogP contribution in [0.3, 0.4) is 0 Å². The first-order chi connectivity index (χ1) is 13.9. The molecule has 0 aliphatic heterocycles. The summed E-state index contributed by atoms with van der Waals surface area (Å²) in [7, 11) is 3.10. The van der Waals surface area contributed by atoms with Gasteiger partial charge < -0.3 is 20.1 Å². The van der Waals surface area contributed by atoms with Crippen LogP contribution in [-0.2, 0) is 0 Å². The zero-order chi connectivity index (χ0) is 21.0. The molecule has 1 heterocycles. The molecule has 3 aromatic rings. The molecule has 7 heteroatoms. The highest BCUT2D eigenvalue weighted by atomic mass is 16.5. The molecular weight excluding hydrogens is 368 g/mol. The Kier molecular flexibility index (Phi) is 5.97. The number of rotatable bonds is 6. The minimum Gasteiger partial charge on any atom is -0.497 e. The smallest absolute Gasteiger partial charge is 0.274 e. The molecule has 0 radical (unpaired) electrons. The molecule has 150 valence electrons. The number of aromatic nitrogens is 2. The normalized spacial score (nSPS) is 10.4. The van der Waals surface area contributed by atoms with Gasteiger partial charge in [0.15, 0.2) is 0 Å². The quantitative estimate of drug-likeness (QED) is 0.646. The summed E-state index contributed by atoms with van der Waals surface area (Å²) in [5.41, 5.74) is 3.93. The van der Waals surface area contributed by atoms with Gasteiger partial charge in [0.25, 0.3) is 5.91 Å². The lowest BCUT2D eigenvalue weighted by Crippen LogP contribution is -2.16. The molecular formula is C22H24N4O3. The zero-order valence-corrected chi connectivity index (χ0v) is 17.2. The molecule has 0 fully saturated rings. The van der Waals surface area contributed by atoms with Crippen LogP contribution in [0.25, 0.3) is 0 Å². The molecule has 1 amide bonds. The van der Waals surface area contributed by atoms with Gasteiger partial charge in [0.2, 0.25) is 0 Å². The van der Waals surface area contributed by atoms with Crippen LogP contribution in [0.1, 0.15) is 27.4 Å². The molecule has 3 rings (SSSR count). The van der Waals surface area contributed by atoms with Gasteiger partial charge in [0.05, 0.1) is 19.9 Å². The number of amides is 1. The zero-order valence-electron chi connectivity index (χ0n) is 17.2. The van der Waals surface area contributed by atoms with Crippen molar-refractivity contribution in [2.24, 2.45) is 0 Å². The number of carbonyl (C=O) groups excluding carboxylic acids is 1. The van der Waals surface area contributed by atoms with Gasteiger partial charge in [-0.05, 0) is 50.1 Å². The first kappa shape index (κ1) is 20.1. The van der Waals surface area contributed by atoms with Gasteiger partial charge in [-0.2, -0.15) is 0 Å². The molecule has 1 aromatic heterocycles. The number of anilines is 3. The van der Waals surface area contributed by atoms with Gasteiger partial charge >= 0.3 is 0 Å². The summed E-state index contributed by atoms with van der Waals surface area (Å²) in [4.78, 5) is 21.5. The lowest BCUT2D eigenvalue weighted by molar-refractivity contribution is 0.102. The molecule has 0 saturated heterocycles. The van der Waals surface area contributed by atoms with Crippen LogP contribution in [-0.4, -0.2) is 30.1 Å². The second-order valence-electron chi connectivity index (χ2n) is 6.65. The molecule has 2 aromatic carbocycles. The van der Waals surface area contributed by atoms with E-state index in [2.05, 4.69) is 20.6 Å². The largest absolute Gasteiger partial charge is 0.497 e. The van der Waals surface area contributed by atoms with E-state index in [0.29, 0.717) is 28.8 Å². The minimum atomic E-state index is -0.358. The number of nitrogens with zero attached hydrogens (tertiary/aromatic N) is 2. The summed E-state index contributed by atoms with van der Waals surface area (Å²) in [6.45, 7) is 5.79. The molecule has 0 bridgehead atoms. The summed E-state index contributed by atoms with van der Waals surface area (Å²) in [5.74, 6) is 1.82. The molecule has 0 atom stereocenters. The number of nitrogens with one attached hydrogen (secondary N) is 2. The van der Waals surface area contributed by atoms with E-state index in [1.165, 1.54) is 7.11 Å². The van der Waals surface area contributed by atoms with Crippen molar-refractivity contribution in [3.63, 3.8) is 0 Å². The first-order valence-corrected chi connectivity index (χ1v) is 9.13. The summed E-state index contributed by atoms with van der Waals surface area (Å²) < 4.78 is 10.5. The fourth-order valence-electron chi connectivity index (χ4n) is 2.84. The van der Waals surface area contributed by atoms with Crippen molar-refractivity contribution in [1.29, 1.82) is 0 Å². The van der Waals surface area contributed by atoms with Crippen molar-refractivity contribution in [3.05, 3.63) is 65.1 Å². The Morgan fingerprint density at radius 1 is 0.897 bits per heavy atom. The number of benzene rings is 2. The summed E-state index contributed by atoms with van der Waals surface area (Å²) in [5, 5.41) is 6.11. The summed E-state index contributed by atoms with van der Waals surface area (Å²) >= 11 is 0. The van der Waals surface area contributed by atoms with E-state index in [4.69, 9.17) is 9.47 Å². The predicted molar refractivity (Wildman–Crippen MR) is 113 cm³/mol. The monoisotopic (exact) mass is 392 g/mol. The van der Waals surface area contributed by atoms with Crippen molar-refractivity contribution in [2.75, 3.05) is 24.9 Å².